The average molecular weight is 247 g/mol. The summed E-state index contributed by atoms with van der Waals surface area (Å²) in [6.45, 7) is 7.71. The third-order valence-corrected chi connectivity index (χ3v) is 3.53. The van der Waals surface area contributed by atoms with Crippen LogP contribution in [0.25, 0.3) is 0 Å². The third kappa shape index (κ3) is 3.09. The van der Waals surface area contributed by atoms with E-state index in [1.165, 1.54) is 5.69 Å². The van der Waals surface area contributed by atoms with E-state index < -0.39 is 0 Å². The SMILES string of the molecule is CCc1cc(CN2CCN(CC#N)CC2)n(C)n1. The molecule has 0 N–H and O–H groups in total. The molecule has 2 rings (SSSR count). The van der Waals surface area contributed by atoms with E-state index in [0.717, 1.165) is 44.8 Å². The lowest BCUT2D eigenvalue weighted by Gasteiger charge is -2.33. The Balaban J connectivity index is 1.87. The van der Waals surface area contributed by atoms with Gasteiger partial charge in [0.25, 0.3) is 0 Å². The molecule has 1 aliphatic rings. The number of nitriles is 1. The minimum absolute atomic E-state index is 0.555. The van der Waals surface area contributed by atoms with Crippen LogP contribution in [-0.2, 0) is 20.0 Å². The van der Waals surface area contributed by atoms with Crippen molar-refractivity contribution in [2.75, 3.05) is 32.7 Å². The van der Waals surface area contributed by atoms with Crippen molar-refractivity contribution in [1.82, 2.24) is 19.6 Å². The van der Waals surface area contributed by atoms with Gasteiger partial charge in [0.1, 0.15) is 0 Å². The molecular weight excluding hydrogens is 226 g/mol. The number of rotatable bonds is 4. The zero-order chi connectivity index (χ0) is 13.0. The Kier molecular flexibility index (Phi) is 4.34. The van der Waals surface area contributed by atoms with Crippen LogP contribution in [0.3, 0.4) is 0 Å². The smallest absolute Gasteiger partial charge is 0.0866 e. The normalized spacial score (nSPS) is 17.8. The average Bonchev–Trinajstić information content (AvgIpc) is 2.73. The van der Waals surface area contributed by atoms with E-state index in [-0.39, 0.29) is 0 Å². The molecule has 1 aliphatic heterocycles. The summed E-state index contributed by atoms with van der Waals surface area (Å²) in [5.41, 5.74) is 2.44. The molecule has 1 aromatic heterocycles. The van der Waals surface area contributed by atoms with Crippen molar-refractivity contribution in [1.29, 1.82) is 5.26 Å². The number of aromatic nitrogens is 2. The molecule has 0 spiro atoms. The van der Waals surface area contributed by atoms with Gasteiger partial charge in [0.05, 0.1) is 24.0 Å². The highest BCUT2D eigenvalue weighted by Gasteiger charge is 2.17. The molecule has 5 heteroatoms. The molecule has 1 aromatic rings. The Bertz CT molecular complexity index is 423. The van der Waals surface area contributed by atoms with Crippen LogP contribution < -0.4 is 0 Å². The molecule has 0 atom stereocenters. The zero-order valence-corrected chi connectivity index (χ0v) is 11.3. The highest BCUT2D eigenvalue weighted by Crippen LogP contribution is 2.10. The Morgan fingerprint density at radius 3 is 2.50 bits per heavy atom. The van der Waals surface area contributed by atoms with Crippen molar-refractivity contribution in [2.24, 2.45) is 7.05 Å². The first kappa shape index (κ1) is 13.1. The minimum atomic E-state index is 0.555. The number of hydrogen-bond donors (Lipinski definition) is 0. The van der Waals surface area contributed by atoms with E-state index >= 15 is 0 Å². The van der Waals surface area contributed by atoms with E-state index in [1.54, 1.807) is 0 Å². The maximum absolute atomic E-state index is 8.67. The van der Waals surface area contributed by atoms with Gasteiger partial charge in [0.15, 0.2) is 0 Å². The summed E-state index contributed by atoms with van der Waals surface area (Å²) in [4.78, 5) is 4.64. The van der Waals surface area contributed by atoms with Crippen molar-refractivity contribution in [2.45, 2.75) is 19.9 Å². The van der Waals surface area contributed by atoms with Gasteiger partial charge in [-0.2, -0.15) is 10.4 Å². The summed E-state index contributed by atoms with van der Waals surface area (Å²) >= 11 is 0. The fourth-order valence-electron chi connectivity index (χ4n) is 2.33. The lowest BCUT2D eigenvalue weighted by atomic mass is 10.2. The van der Waals surface area contributed by atoms with E-state index in [1.807, 2.05) is 11.7 Å². The van der Waals surface area contributed by atoms with Crippen LogP contribution in [0.5, 0.6) is 0 Å². The van der Waals surface area contributed by atoms with Gasteiger partial charge in [0.2, 0.25) is 0 Å². The molecule has 1 saturated heterocycles. The zero-order valence-electron chi connectivity index (χ0n) is 11.3. The molecule has 2 heterocycles. The molecule has 0 aromatic carbocycles. The molecule has 0 unspecified atom stereocenters. The first-order chi connectivity index (χ1) is 8.72. The van der Waals surface area contributed by atoms with Gasteiger partial charge < -0.3 is 0 Å². The maximum atomic E-state index is 8.67. The predicted octanol–water partition coefficient (Wildman–Crippen LogP) is 0.624. The van der Waals surface area contributed by atoms with Crippen molar-refractivity contribution in [3.8, 4) is 6.07 Å². The monoisotopic (exact) mass is 247 g/mol. The molecular formula is C13H21N5. The highest BCUT2D eigenvalue weighted by atomic mass is 15.3. The van der Waals surface area contributed by atoms with Crippen LogP contribution in [0.4, 0.5) is 0 Å². The van der Waals surface area contributed by atoms with Gasteiger partial charge in [-0.1, -0.05) is 6.92 Å². The summed E-state index contributed by atoms with van der Waals surface area (Å²) in [6, 6.07) is 4.41. The van der Waals surface area contributed by atoms with Crippen molar-refractivity contribution < 1.29 is 0 Å². The fraction of sp³-hybridized carbons (Fsp3) is 0.692. The highest BCUT2D eigenvalue weighted by molar-refractivity contribution is 5.10. The Labute approximate surface area is 109 Å². The second kappa shape index (κ2) is 5.98. The summed E-state index contributed by atoms with van der Waals surface area (Å²) in [5, 5.41) is 13.1. The Hall–Kier alpha value is -1.38. The number of nitrogens with zero attached hydrogens (tertiary/aromatic N) is 5. The van der Waals surface area contributed by atoms with Crippen molar-refractivity contribution in [3.05, 3.63) is 17.5 Å². The van der Waals surface area contributed by atoms with E-state index in [9.17, 15) is 0 Å². The van der Waals surface area contributed by atoms with E-state index in [2.05, 4.69) is 34.0 Å². The second-order valence-electron chi connectivity index (χ2n) is 4.81. The van der Waals surface area contributed by atoms with Crippen LogP contribution in [-0.4, -0.2) is 52.3 Å². The third-order valence-electron chi connectivity index (χ3n) is 3.53. The topological polar surface area (TPSA) is 48.1 Å². The van der Waals surface area contributed by atoms with Gasteiger partial charge in [-0.15, -0.1) is 0 Å². The molecule has 18 heavy (non-hydrogen) atoms. The van der Waals surface area contributed by atoms with E-state index in [0.29, 0.717) is 6.54 Å². The molecule has 0 radical (unpaired) electrons. The first-order valence-electron chi connectivity index (χ1n) is 6.56. The van der Waals surface area contributed by atoms with Crippen LogP contribution in [0.1, 0.15) is 18.3 Å². The van der Waals surface area contributed by atoms with Gasteiger partial charge in [-0.3, -0.25) is 14.5 Å². The van der Waals surface area contributed by atoms with Crippen LogP contribution in [0.2, 0.25) is 0 Å². The van der Waals surface area contributed by atoms with E-state index in [4.69, 9.17) is 5.26 Å². The summed E-state index contributed by atoms with van der Waals surface area (Å²) in [6.07, 6.45) is 0.990. The number of hydrogen-bond acceptors (Lipinski definition) is 4. The largest absolute Gasteiger partial charge is 0.295 e. The molecule has 98 valence electrons. The molecule has 0 aliphatic carbocycles. The lowest BCUT2D eigenvalue weighted by molar-refractivity contribution is 0.136. The summed E-state index contributed by atoms with van der Waals surface area (Å²) < 4.78 is 1.99. The van der Waals surface area contributed by atoms with Gasteiger partial charge in [-0.05, 0) is 12.5 Å². The number of piperazine rings is 1. The maximum Gasteiger partial charge on any atom is 0.0866 e. The molecule has 1 fully saturated rings. The molecule has 0 saturated carbocycles. The molecule has 0 amide bonds. The summed E-state index contributed by atoms with van der Waals surface area (Å²) in [5.74, 6) is 0. The van der Waals surface area contributed by atoms with Crippen molar-refractivity contribution >= 4 is 0 Å². The van der Waals surface area contributed by atoms with Gasteiger partial charge in [0, 0.05) is 39.8 Å². The van der Waals surface area contributed by atoms with Crippen LogP contribution >= 0.6 is 0 Å². The fourth-order valence-corrected chi connectivity index (χ4v) is 2.33. The quantitative estimate of drug-likeness (QED) is 0.732. The predicted molar refractivity (Wildman–Crippen MR) is 69.9 cm³/mol. The van der Waals surface area contributed by atoms with Crippen LogP contribution in [0, 0.1) is 11.3 Å². The standard InChI is InChI=1S/C13H21N5/c1-3-12-10-13(16(2)15-12)11-18-8-6-17(5-4-14)7-9-18/h10H,3,5-9,11H2,1-2H3. The summed E-state index contributed by atoms with van der Waals surface area (Å²) in [7, 11) is 2.01. The Morgan fingerprint density at radius 2 is 1.94 bits per heavy atom. The van der Waals surface area contributed by atoms with Gasteiger partial charge >= 0.3 is 0 Å². The lowest BCUT2D eigenvalue weighted by Crippen LogP contribution is -2.46. The van der Waals surface area contributed by atoms with Gasteiger partial charge in [-0.25, -0.2) is 0 Å². The first-order valence-corrected chi connectivity index (χ1v) is 6.56. The second-order valence-corrected chi connectivity index (χ2v) is 4.81. The molecule has 5 nitrogen and oxygen atoms in total. The molecule has 0 bridgehead atoms. The number of aryl methyl sites for hydroxylation is 2. The van der Waals surface area contributed by atoms with Crippen molar-refractivity contribution in [3.63, 3.8) is 0 Å². The van der Waals surface area contributed by atoms with Crippen LogP contribution in [0.15, 0.2) is 6.07 Å². The minimum Gasteiger partial charge on any atom is -0.295 e. The Morgan fingerprint density at radius 1 is 1.28 bits per heavy atom.